The van der Waals surface area contributed by atoms with Crippen LogP contribution in [0.15, 0.2) is 35.2 Å². The minimum atomic E-state index is -4.56. The molecule has 0 aliphatic rings. The molecule has 180 valence electrons. The van der Waals surface area contributed by atoms with Gasteiger partial charge in [-0.05, 0) is 49.2 Å². The van der Waals surface area contributed by atoms with Crippen molar-refractivity contribution in [3.05, 3.63) is 58.4 Å². The maximum atomic E-state index is 13.6. The van der Waals surface area contributed by atoms with Crippen LogP contribution in [0.25, 0.3) is 11.0 Å². The molecule has 33 heavy (non-hydrogen) atoms. The van der Waals surface area contributed by atoms with Crippen LogP contribution in [0.4, 0.5) is 26.3 Å². The number of fused-ring (bicyclic) bond motifs is 1. The number of nitrogens with zero attached hydrogens (tertiary/aromatic N) is 2. The number of benzene rings is 2. The summed E-state index contributed by atoms with van der Waals surface area (Å²) in [6, 6.07) is 4.05. The average molecular weight is 493 g/mol. The molecule has 0 radical (unpaired) electrons. The normalized spacial score (nSPS) is 13.6. The van der Waals surface area contributed by atoms with E-state index < -0.39 is 58.3 Å². The van der Waals surface area contributed by atoms with E-state index in [0.717, 1.165) is 24.3 Å². The SMILES string of the molecule is CCn1c([C@@H](C)NS(=O)(=O)c2ccc(CF)c(CF)c2CF)nc2ccc(C(F)(F)F)cc21. The molecular formula is C21H21F6N3O2S. The lowest BCUT2D eigenvalue weighted by molar-refractivity contribution is -0.137. The van der Waals surface area contributed by atoms with E-state index >= 15 is 0 Å². The van der Waals surface area contributed by atoms with Crippen molar-refractivity contribution in [2.24, 2.45) is 0 Å². The number of imidazole rings is 1. The largest absolute Gasteiger partial charge is 0.416 e. The van der Waals surface area contributed by atoms with Gasteiger partial charge in [-0.2, -0.15) is 13.2 Å². The summed E-state index contributed by atoms with van der Waals surface area (Å²) in [5.74, 6) is 0.142. The zero-order valence-corrected chi connectivity index (χ0v) is 18.5. The molecule has 0 amide bonds. The third-order valence-electron chi connectivity index (χ3n) is 5.33. The lowest BCUT2D eigenvalue weighted by Crippen LogP contribution is -2.30. The second-order valence-corrected chi connectivity index (χ2v) is 9.02. The van der Waals surface area contributed by atoms with Crippen LogP contribution in [-0.4, -0.2) is 18.0 Å². The van der Waals surface area contributed by atoms with Gasteiger partial charge in [-0.25, -0.2) is 31.3 Å². The molecule has 0 saturated carbocycles. The van der Waals surface area contributed by atoms with Gasteiger partial charge in [0.1, 0.15) is 25.8 Å². The molecule has 5 nitrogen and oxygen atoms in total. The van der Waals surface area contributed by atoms with Crippen molar-refractivity contribution >= 4 is 21.1 Å². The number of nitrogens with one attached hydrogen (secondary N) is 1. The predicted molar refractivity (Wildman–Crippen MR) is 110 cm³/mol. The van der Waals surface area contributed by atoms with Crippen LogP contribution in [-0.2, 0) is 42.8 Å². The summed E-state index contributed by atoms with van der Waals surface area (Å²) < 4.78 is 109. The lowest BCUT2D eigenvalue weighted by Gasteiger charge is -2.18. The van der Waals surface area contributed by atoms with E-state index in [1.54, 1.807) is 6.92 Å². The molecular weight excluding hydrogens is 472 g/mol. The van der Waals surface area contributed by atoms with Crippen LogP contribution in [0.1, 0.15) is 48.0 Å². The number of hydrogen-bond donors (Lipinski definition) is 1. The van der Waals surface area contributed by atoms with E-state index in [-0.39, 0.29) is 34.5 Å². The molecule has 0 aliphatic carbocycles. The van der Waals surface area contributed by atoms with Gasteiger partial charge in [-0.3, -0.25) is 0 Å². The Labute approximate surface area is 186 Å². The van der Waals surface area contributed by atoms with Gasteiger partial charge in [0.15, 0.2) is 0 Å². The smallest absolute Gasteiger partial charge is 0.327 e. The van der Waals surface area contributed by atoms with Gasteiger partial charge in [0.2, 0.25) is 10.0 Å². The summed E-state index contributed by atoms with van der Waals surface area (Å²) in [7, 11) is -4.41. The Morgan fingerprint density at radius 3 is 2.24 bits per heavy atom. The molecule has 0 bridgehead atoms. The summed E-state index contributed by atoms with van der Waals surface area (Å²) in [6.07, 6.45) is -4.56. The molecule has 12 heteroatoms. The Balaban J connectivity index is 2.04. The molecule has 1 N–H and O–H groups in total. The van der Waals surface area contributed by atoms with Crippen LogP contribution in [0, 0.1) is 0 Å². The monoisotopic (exact) mass is 493 g/mol. The van der Waals surface area contributed by atoms with Crippen molar-refractivity contribution in [1.29, 1.82) is 0 Å². The number of rotatable bonds is 8. The summed E-state index contributed by atoms with van der Waals surface area (Å²) in [5.41, 5.74) is -1.46. The second kappa shape index (κ2) is 9.34. The molecule has 0 aliphatic heterocycles. The van der Waals surface area contributed by atoms with Gasteiger partial charge in [0.25, 0.3) is 0 Å². The highest BCUT2D eigenvalue weighted by Gasteiger charge is 2.32. The number of hydrogen-bond acceptors (Lipinski definition) is 3. The van der Waals surface area contributed by atoms with Crippen molar-refractivity contribution in [2.45, 2.75) is 57.5 Å². The molecule has 1 aromatic heterocycles. The van der Waals surface area contributed by atoms with Crippen molar-refractivity contribution < 1.29 is 34.8 Å². The highest BCUT2D eigenvalue weighted by Crippen LogP contribution is 2.33. The van der Waals surface area contributed by atoms with Gasteiger partial charge < -0.3 is 4.57 Å². The van der Waals surface area contributed by atoms with Gasteiger partial charge in [0.05, 0.1) is 27.5 Å². The Hall–Kier alpha value is -2.60. The van der Waals surface area contributed by atoms with E-state index in [9.17, 15) is 34.8 Å². The van der Waals surface area contributed by atoms with E-state index in [0.29, 0.717) is 0 Å². The molecule has 0 spiro atoms. The van der Waals surface area contributed by atoms with Gasteiger partial charge in [0, 0.05) is 12.1 Å². The summed E-state index contributed by atoms with van der Waals surface area (Å²) >= 11 is 0. The van der Waals surface area contributed by atoms with Crippen LogP contribution in [0.5, 0.6) is 0 Å². The minimum Gasteiger partial charge on any atom is -0.327 e. The quantitative estimate of drug-likeness (QED) is 0.420. The first-order valence-electron chi connectivity index (χ1n) is 9.89. The molecule has 0 saturated heterocycles. The van der Waals surface area contributed by atoms with Crippen molar-refractivity contribution in [3.63, 3.8) is 0 Å². The average Bonchev–Trinajstić information content (AvgIpc) is 3.15. The van der Waals surface area contributed by atoms with Gasteiger partial charge in [-0.1, -0.05) is 6.07 Å². The fourth-order valence-corrected chi connectivity index (χ4v) is 5.19. The number of aromatic nitrogens is 2. The molecule has 1 atom stereocenters. The van der Waals surface area contributed by atoms with Crippen molar-refractivity contribution in [2.75, 3.05) is 0 Å². The minimum absolute atomic E-state index is 0.142. The van der Waals surface area contributed by atoms with E-state index in [1.165, 1.54) is 17.6 Å². The third-order valence-corrected chi connectivity index (χ3v) is 6.95. The maximum Gasteiger partial charge on any atom is 0.416 e. The highest BCUT2D eigenvalue weighted by atomic mass is 32.2. The predicted octanol–water partition coefficient (Wildman–Crippen LogP) is 5.52. The van der Waals surface area contributed by atoms with Crippen molar-refractivity contribution in [1.82, 2.24) is 14.3 Å². The summed E-state index contributed by atoms with van der Waals surface area (Å²) in [4.78, 5) is 3.73. The Bertz CT molecular complexity index is 1270. The first-order chi connectivity index (χ1) is 15.5. The second-order valence-electron chi connectivity index (χ2n) is 7.34. The van der Waals surface area contributed by atoms with Crippen LogP contribution in [0.3, 0.4) is 0 Å². The van der Waals surface area contributed by atoms with Crippen LogP contribution < -0.4 is 4.72 Å². The number of aryl methyl sites for hydroxylation is 1. The first kappa shape index (κ1) is 25.0. The van der Waals surface area contributed by atoms with E-state index in [4.69, 9.17) is 0 Å². The molecule has 2 aromatic carbocycles. The van der Waals surface area contributed by atoms with Crippen LogP contribution in [0.2, 0.25) is 0 Å². The molecule has 0 fully saturated rings. The zero-order chi connectivity index (χ0) is 24.6. The molecule has 3 aromatic rings. The maximum absolute atomic E-state index is 13.6. The third kappa shape index (κ3) is 4.72. The number of alkyl halides is 6. The van der Waals surface area contributed by atoms with E-state index in [1.807, 2.05) is 0 Å². The standard InChI is InChI=1S/C21H21F6N3O2S/c1-3-30-18-8-14(21(25,26)27)5-6-17(18)28-20(30)12(2)29-33(31,32)19-7-4-13(9-22)15(10-23)16(19)11-24/h4-8,12,29H,3,9-11H2,1-2H3/t12-/m1/s1. The molecule has 1 heterocycles. The first-order valence-corrected chi connectivity index (χ1v) is 11.4. The number of halogens is 6. The Kier molecular flexibility index (Phi) is 7.08. The lowest BCUT2D eigenvalue weighted by atomic mass is 10.0. The zero-order valence-electron chi connectivity index (χ0n) is 17.7. The fourth-order valence-electron chi connectivity index (χ4n) is 3.74. The van der Waals surface area contributed by atoms with Gasteiger partial charge >= 0.3 is 6.18 Å². The summed E-state index contributed by atoms with van der Waals surface area (Å²) in [6.45, 7) is -0.369. The number of sulfonamides is 1. The van der Waals surface area contributed by atoms with Crippen molar-refractivity contribution in [3.8, 4) is 0 Å². The van der Waals surface area contributed by atoms with E-state index in [2.05, 4.69) is 9.71 Å². The highest BCUT2D eigenvalue weighted by molar-refractivity contribution is 7.89. The molecule has 3 rings (SSSR count). The van der Waals surface area contributed by atoms with Crippen LogP contribution >= 0.6 is 0 Å². The van der Waals surface area contributed by atoms with Gasteiger partial charge in [-0.15, -0.1) is 0 Å². The Morgan fingerprint density at radius 1 is 1.03 bits per heavy atom. The Morgan fingerprint density at radius 2 is 1.70 bits per heavy atom. The fraction of sp³-hybridized carbons (Fsp3) is 0.381. The molecule has 0 unspecified atom stereocenters. The summed E-state index contributed by atoms with van der Waals surface area (Å²) in [5, 5.41) is 0. The topological polar surface area (TPSA) is 64.0 Å².